The van der Waals surface area contributed by atoms with Gasteiger partial charge >= 0.3 is 0 Å². The molecule has 2 aromatic carbocycles. The minimum atomic E-state index is -3.09. The third-order valence-corrected chi connectivity index (χ3v) is 8.88. The van der Waals surface area contributed by atoms with Gasteiger partial charge in [0.2, 0.25) is 0 Å². The quantitative estimate of drug-likeness (QED) is 0.653. The van der Waals surface area contributed by atoms with Gasteiger partial charge in [0.15, 0.2) is 15.0 Å². The van der Waals surface area contributed by atoms with Gasteiger partial charge < -0.3 is 9.64 Å². The molecule has 3 unspecified atom stereocenters. The van der Waals surface area contributed by atoms with E-state index >= 15 is 0 Å². The van der Waals surface area contributed by atoms with Crippen LogP contribution >= 0.6 is 11.8 Å². The van der Waals surface area contributed by atoms with Gasteiger partial charge in [0.25, 0.3) is 5.91 Å². The van der Waals surface area contributed by atoms with E-state index in [-0.39, 0.29) is 34.6 Å². The van der Waals surface area contributed by atoms with Crippen molar-refractivity contribution in [2.24, 2.45) is 10.9 Å². The number of aliphatic imine (C=N–C) groups is 1. The number of fused-ring (bicyclic) bond motifs is 1. The monoisotopic (exact) mass is 458 g/mol. The number of nitrogens with zero attached hydrogens (tertiary/aromatic N) is 2. The summed E-state index contributed by atoms with van der Waals surface area (Å²) in [5.41, 5.74) is 1.90. The van der Waals surface area contributed by atoms with Crippen LogP contribution in [-0.2, 0) is 21.2 Å². The van der Waals surface area contributed by atoms with Crippen molar-refractivity contribution >= 4 is 38.4 Å². The zero-order valence-electron chi connectivity index (χ0n) is 17.6. The summed E-state index contributed by atoms with van der Waals surface area (Å²) in [6.07, 6.45) is 0.717. The molecular weight excluding hydrogens is 432 g/mol. The molecule has 2 heterocycles. The predicted molar refractivity (Wildman–Crippen MR) is 125 cm³/mol. The number of sulfone groups is 1. The molecule has 0 aromatic heterocycles. The van der Waals surface area contributed by atoms with Crippen LogP contribution in [0.3, 0.4) is 0 Å². The number of hydrogen-bond acceptors (Lipinski definition) is 5. The van der Waals surface area contributed by atoms with Crippen molar-refractivity contribution < 1.29 is 17.9 Å². The van der Waals surface area contributed by atoms with Gasteiger partial charge in [0, 0.05) is 16.9 Å². The second-order valence-electron chi connectivity index (χ2n) is 7.98. The summed E-state index contributed by atoms with van der Waals surface area (Å²) in [7, 11) is -3.09. The van der Waals surface area contributed by atoms with E-state index < -0.39 is 9.84 Å². The summed E-state index contributed by atoms with van der Waals surface area (Å²) >= 11 is 1.40. The lowest BCUT2D eigenvalue weighted by Crippen LogP contribution is -2.37. The molecule has 0 saturated carbocycles. The standard InChI is InChI=1S/C23H26N2O4S2/c1-3-16(2)22(26)24-23-25(20-14-31(27,28)15-21(20)30-23)18-9-11-19(12-10-18)29-13-17-7-5-4-6-8-17/h4-12,16,20-21H,3,13-15H2,1-2H3. The Kier molecular flexibility index (Phi) is 6.39. The van der Waals surface area contributed by atoms with Crippen LogP contribution in [0.15, 0.2) is 59.6 Å². The maximum atomic E-state index is 12.5. The van der Waals surface area contributed by atoms with E-state index in [2.05, 4.69) is 4.99 Å². The molecule has 2 aliphatic heterocycles. The Hall–Kier alpha value is -2.32. The maximum Gasteiger partial charge on any atom is 0.250 e. The van der Waals surface area contributed by atoms with E-state index in [1.165, 1.54) is 11.8 Å². The molecular formula is C23H26N2O4S2. The molecule has 2 aliphatic rings. The highest BCUT2D eigenvalue weighted by atomic mass is 32.2. The highest BCUT2D eigenvalue weighted by Crippen LogP contribution is 2.41. The minimum Gasteiger partial charge on any atom is -0.489 e. The van der Waals surface area contributed by atoms with Crippen LogP contribution in [0.4, 0.5) is 5.69 Å². The van der Waals surface area contributed by atoms with Crippen molar-refractivity contribution in [2.75, 3.05) is 16.4 Å². The highest BCUT2D eigenvalue weighted by Gasteiger charge is 2.49. The van der Waals surface area contributed by atoms with Crippen LogP contribution in [0, 0.1) is 5.92 Å². The average Bonchev–Trinajstić information content (AvgIpc) is 3.23. The Bertz CT molecular complexity index is 1070. The van der Waals surface area contributed by atoms with Crippen LogP contribution in [0.1, 0.15) is 25.8 Å². The van der Waals surface area contributed by atoms with Gasteiger partial charge in [0.05, 0.1) is 17.5 Å². The summed E-state index contributed by atoms with van der Waals surface area (Å²) in [5, 5.41) is 0.482. The largest absolute Gasteiger partial charge is 0.489 e. The molecule has 0 N–H and O–H groups in total. The van der Waals surface area contributed by atoms with Gasteiger partial charge in [-0.1, -0.05) is 55.9 Å². The first-order valence-electron chi connectivity index (χ1n) is 10.4. The Morgan fingerprint density at radius 2 is 1.87 bits per heavy atom. The van der Waals surface area contributed by atoms with Gasteiger partial charge in [-0.2, -0.15) is 4.99 Å². The lowest BCUT2D eigenvalue weighted by Gasteiger charge is -2.25. The lowest BCUT2D eigenvalue weighted by molar-refractivity contribution is -0.121. The first-order valence-corrected chi connectivity index (χ1v) is 13.1. The van der Waals surface area contributed by atoms with Crippen molar-refractivity contribution in [1.29, 1.82) is 0 Å². The zero-order chi connectivity index (χ0) is 22.0. The Morgan fingerprint density at radius 3 is 2.55 bits per heavy atom. The number of amidine groups is 1. The van der Waals surface area contributed by atoms with Crippen LogP contribution in [0.25, 0.3) is 0 Å². The van der Waals surface area contributed by atoms with E-state index in [1.54, 1.807) is 0 Å². The molecule has 164 valence electrons. The molecule has 8 heteroatoms. The Morgan fingerprint density at radius 1 is 1.16 bits per heavy atom. The molecule has 2 fully saturated rings. The summed E-state index contributed by atoms with van der Waals surface area (Å²) in [4.78, 5) is 18.8. The molecule has 2 aromatic rings. The third kappa shape index (κ3) is 4.96. The van der Waals surface area contributed by atoms with Crippen LogP contribution in [0.5, 0.6) is 5.75 Å². The Balaban J connectivity index is 1.56. The third-order valence-electron chi connectivity index (χ3n) is 5.67. The van der Waals surface area contributed by atoms with E-state index in [1.807, 2.05) is 73.3 Å². The fraction of sp³-hybridized carbons (Fsp3) is 0.391. The summed E-state index contributed by atoms with van der Waals surface area (Å²) in [6, 6.07) is 17.3. The second kappa shape index (κ2) is 9.04. The fourth-order valence-corrected chi connectivity index (χ4v) is 7.61. The highest BCUT2D eigenvalue weighted by molar-refractivity contribution is 8.16. The number of thioether (sulfide) groups is 1. The zero-order valence-corrected chi connectivity index (χ0v) is 19.2. The predicted octanol–water partition coefficient (Wildman–Crippen LogP) is 3.91. The van der Waals surface area contributed by atoms with Crippen molar-refractivity contribution in [3.8, 4) is 5.75 Å². The fourth-order valence-electron chi connectivity index (χ4n) is 3.69. The molecule has 6 nitrogen and oxygen atoms in total. The van der Waals surface area contributed by atoms with Gasteiger partial charge in [0.1, 0.15) is 12.4 Å². The molecule has 4 rings (SSSR count). The molecule has 0 aliphatic carbocycles. The van der Waals surface area contributed by atoms with Crippen molar-refractivity contribution in [3.63, 3.8) is 0 Å². The number of anilines is 1. The number of amides is 1. The van der Waals surface area contributed by atoms with E-state index in [0.717, 1.165) is 23.4 Å². The molecule has 0 radical (unpaired) electrons. The number of rotatable bonds is 6. The summed E-state index contributed by atoms with van der Waals surface area (Å²) < 4.78 is 30.3. The molecule has 0 bridgehead atoms. The second-order valence-corrected chi connectivity index (χ2v) is 11.3. The summed E-state index contributed by atoms with van der Waals surface area (Å²) in [5.74, 6) is 0.596. The molecule has 0 spiro atoms. The van der Waals surface area contributed by atoms with Gasteiger partial charge in [-0.3, -0.25) is 4.79 Å². The van der Waals surface area contributed by atoms with Gasteiger partial charge in [-0.25, -0.2) is 8.42 Å². The first-order chi connectivity index (χ1) is 14.9. The lowest BCUT2D eigenvalue weighted by atomic mass is 10.1. The van der Waals surface area contributed by atoms with Crippen LogP contribution in [0.2, 0.25) is 0 Å². The van der Waals surface area contributed by atoms with Crippen molar-refractivity contribution in [2.45, 2.75) is 38.2 Å². The molecule has 1 amide bonds. The van der Waals surface area contributed by atoms with E-state index in [9.17, 15) is 13.2 Å². The maximum absolute atomic E-state index is 12.5. The number of hydrogen-bond donors (Lipinski definition) is 0. The van der Waals surface area contributed by atoms with Crippen LogP contribution in [-0.4, -0.2) is 42.3 Å². The van der Waals surface area contributed by atoms with Crippen molar-refractivity contribution in [1.82, 2.24) is 0 Å². The smallest absolute Gasteiger partial charge is 0.250 e. The topological polar surface area (TPSA) is 76.0 Å². The summed E-state index contributed by atoms with van der Waals surface area (Å²) in [6.45, 7) is 4.29. The SMILES string of the molecule is CCC(C)C(=O)N=C1SC2CS(=O)(=O)CC2N1c1ccc(OCc2ccccc2)cc1. The molecule has 3 atom stereocenters. The van der Waals surface area contributed by atoms with Crippen molar-refractivity contribution in [3.05, 3.63) is 60.2 Å². The minimum absolute atomic E-state index is 0.0769. The Labute approximate surface area is 187 Å². The van der Waals surface area contributed by atoms with E-state index in [0.29, 0.717) is 11.8 Å². The number of ether oxygens (including phenoxy) is 1. The van der Waals surface area contributed by atoms with E-state index in [4.69, 9.17) is 4.74 Å². The van der Waals surface area contributed by atoms with Gasteiger partial charge in [-0.15, -0.1) is 0 Å². The van der Waals surface area contributed by atoms with Gasteiger partial charge in [-0.05, 0) is 36.2 Å². The molecule has 2 saturated heterocycles. The number of carbonyl (C=O) groups excluding carboxylic acids is 1. The normalized spacial score (nSPS) is 24.2. The average molecular weight is 459 g/mol. The first kappa shape index (κ1) is 21.9. The number of benzene rings is 2. The molecule has 31 heavy (non-hydrogen) atoms. The number of carbonyl (C=O) groups is 1. The van der Waals surface area contributed by atoms with Crippen LogP contribution < -0.4 is 9.64 Å².